The number of carbonyl (C=O) groups excluding carboxylic acids is 1. The quantitative estimate of drug-likeness (QED) is 0.861. The fourth-order valence-corrected chi connectivity index (χ4v) is 2.05. The van der Waals surface area contributed by atoms with Gasteiger partial charge in [-0.2, -0.15) is 5.10 Å². The maximum absolute atomic E-state index is 12.5. The van der Waals surface area contributed by atoms with Gasteiger partial charge in [-0.15, -0.1) is 0 Å². The molecule has 0 bridgehead atoms. The van der Waals surface area contributed by atoms with Gasteiger partial charge in [0.15, 0.2) is 0 Å². The Morgan fingerprint density at radius 3 is 2.89 bits per heavy atom. The van der Waals surface area contributed by atoms with Gasteiger partial charge in [0.1, 0.15) is 5.69 Å². The summed E-state index contributed by atoms with van der Waals surface area (Å²) in [6.07, 6.45) is 7.04. The minimum Gasteiger partial charge on any atom is -0.396 e. The monoisotopic (exact) mass is 257 g/mol. The highest BCUT2D eigenvalue weighted by Crippen LogP contribution is 2.30. The van der Waals surface area contributed by atoms with Crippen LogP contribution in [-0.4, -0.2) is 32.0 Å². The first kappa shape index (κ1) is 11.7. The standard InChI is InChI=1S/C13H15N5O/c14-11-7-16-17-12(11)13(19)18(10-3-4-10)8-9-2-1-5-15-6-9/h1-2,5-7,10H,3-4,8,14H2,(H,16,17). The third-order valence-corrected chi connectivity index (χ3v) is 3.21. The van der Waals surface area contributed by atoms with E-state index in [1.54, 1.807) is 12.4 Å². The molecule has 0 spiro atoms. The van der Waals surface area contributed by atoms with Crippen LogP contribution in [-0.2, 0) is 6.54 Å². The summed E-state index contributed by atoms with van der Waals surface area (Å²) in [5.74, 6) is -0.0960. The largest absolute Gasteiger partial charge is 0.396 e. The van der Waals surface area contributed by atoms with Crippen molar-refractivity contribution in [2.24, 2.45) is 0 Å². The molecule has 2 aromatic heterocycles. The number of hydrogen-bond donors (Lipinski definition) is 2. The van der Waals surface area contributed by atoms with Crippen molar-refractivity contribution in [2.75, 3.05) is 5.73 Å². The molecule has 19 heavy (non-hydrogen) atoms. The van der Waals surface area contributed by atoms with Gasteiger partial charge in [0, 0.05) is 25.0 Å². The van der Waals surface area contributed by atoms with Crippen LogP contribution in [0.25, 0.3) is 0 Å². The molecule has 1 saturated carbocycles. The molecule has 0 unspecified atom stereocenters. The van der Waals surface area contributed by atoms with Crippen molar-refractivity contribution in [3.8, 4) is 0 Å². The second-order valence-electron chi connectivity index (χ2n) is 4.73. The zero-order chi connectivity index (χ0) is 13.2. The fourth-order valence-electron chi connectivity index (χ4n) is 2.05. The summed E-state index contributed by atoms with van der Waals surface area (Å²) in [4.78, 5) is 18.4. The van der Waals surface area contributed by atoms with Crippen LogP contribution in [0, 0.1) is 0 Å². The van der Waals surface area contributed by atoms with E-state index >= 15 is 0 Å². The number of anilines is 1. The molecular weight excluding hydrogens is 242 g/mol. The highest BCUT2D eigenvalue weighted by molar-refractivity contribution is 5.97. The van der Waals surface area contributed by atoms with E-state index in [0.29, 0.717) is 24.0 Å². The van der Waals surface area contributed by atoms with E-state index in [0.717, 1.165) is 18.4 Å². The number of aromatic amines is 1. The summed E-state index contributed by atoms with van der Waals surface area (Å²) in [6, 6.07) is 4.14. The molecule has 0 aliphatic heterocycles. The molecule has 3 N–H and O–H groups in total. The van der Waals surface area contributed by atoms with Gasteiger partial charge in [0.05, 0.1) is 11.9 Å². The lowest BCUT2D eigenvalue weighted by molar-refractivity contribution is 0.0725. The number of nitrogen functional groups attached to an aromatic ring is 1. The van der Waals surface area contributed by atoms with Gasteiger partial charge in [0.2, 0.25) is 0 Å². The molecule has 1 aliphatic rings. The molecular formula is C13H15N5O. The van der Waals surface area contributed by atoms with Crippen LogP contribution >= 0.6 is 0 Å². The minimum atomic E-state index is -0.0960. The van der Waals surface area contributed by atoms with E-state index in [1.165, 1.54) is 6.20 Å². The molecule has 6 nitrogen and oxygen atoms in total. The zero-order valence-electron chi connectivity index (χ0n) is 10.4. The first-order chi connectivity index (χ1) is 9.25. The first-order valence-corrected chi connectivity index (χ1v) is 6.24. The predicted octanol–water partition coefficient (Wildman–Crippen LogP) is 1.19. The van der Waals surface area contributed by atoms with Gasteiger partial charge in [-0.1, -0.05) is 6.07 Å². The summed E-state index contributed by atoms with van der Waals surface area (Å²) in [7, 11) is 0. The summed E-state index contributed by atoms with van der Waals surface area (Å²) >= 11 is 0. The van der Waals surface area contributed by atoms with E-state index in [-0.39, 0.29) is 5.91 Å². The predicted molar refractivity (Wildman–Crippen MR) is 70.1 cm³/mol. The van der Waals surface area contributed by atoms with Crippen molar-refractivity contribution in [3.63, 3.8) is 0 Å². The lowest BCUT2D eigenvalue weighted by atomic mass is 10.2. The Labute approximate surface area is 110 Å². The maximum Gasteiger partial charge on any atom is 0.274 e. The molecule has 2 heterocycles. The van der Waals surface area contributed by atoms with Crippen molar-refractivity contribution < 1.29 is 4.79 Å². The molecule has 0 saturated heterocycles. The van der Waals surface area contributed by atoms with E-state index in [1.807, 2.05) is 17.0 Å². The number of nitrogens with zero attached hydrogens (tertiary/aromatic N) is 3. The number of carbonyl (C=O) groups is 1. The highest BCUT2D eigenvalue weighted by Gasteiger charge is 2.34. The first-order valence-electron chi connectivity index (χ1n) is 6.24. The molecule has 1 aliphatic carbocycles. The number of aromatic nitrogens is 3. The SMILES string of the molecule is Nc1cn[nH]c1C(=O)N(Cc1cccnc1)C1CC1. The minimum absolute atomic E-state index is 0.0960. The lowest BCUT2D eigenvalue weighted by Crippen LogP contribution is -2.33. The second-order valence-corrected chi connectivity index (χ2v) is 4.73. The number of nitrogens with two attached hydrogens (primary N) is 1. The smallest absolute Gasteiger partial charge is 0.274 e. The van der Waals surface area contributed by atoms with Crippen LogP contribution in [0.4, 0.5) is 5.69 Å². The third-order valence-electron chi connectivity index (χ3n) is 3.21. The van der Waals surface area contributed by atoms with Crippen LogP contribution < -0.4 is 5.73 Å². The Morgan fingerprint density at radius 1 is 1.47 bits per heavy atom. The normalized spacial score (nSPS) is 14.3. The topological polar surface area (TPSA) is 87.9 Å². The average molecular weight is 257 g/mol. The van der Waals surface area contributed by atoms with Gasteiger partial charge in [-0.3, -0.25) is 14.9 Å². The molecule has 0 atom stereocenters. The van der Waals surface area contributed by atoms with Crippen LogP contribution in [0.15, 0.2) is 30.7 Å². The molecule has 0 radical (unpaired) electrons. The number of nitrogens with one attached hydrogen (secondary N) is 1. The summed E-state index contributed by atoms with van der Waals surface area (Å²) in [6.45, 7) is 0.551. The zero-order valence-corrected chi connectivity index (χ0v) is 10.4. The lowest BCUT2D eigenvalue weighted by Gasteiger charge is -2.21. The Morgan fingerprint density at radius 2 is 2.32 bits per heavy atom. The van der Waals surface area contributed by atoms with Crippen LogP contribution in [0.3, 0.4) is 0 Å². The van der Waals surface area contributed by atoms with Gasteiger partial charge < -0.3 is 10.6 Å². The Kier molecular flexibility index (Phi) is 2.91. The van der Waals surface area contributed by atoms with Crippen molar-refractivity contribution in [1.82, 2.24) is 20.1 Å². The average Bonchev–Trinajstić information content (AvgIpc) is 3.18. The van der Waals surface area contributed by atoms with E-state index in [4.69, 9.17) is 5.73 Å². The van der Waals surface area contributed by atoms with Gasteiger partial charge in [-0.05, 0) is 24.5 Å². The molecule has 3 rings (SSSR count). The van der Waals surface area contributed by atoms with Crippen molar-refractivity contribution in [3.05, 3.63) is 42.0 Å². The van der Waals surface area contributed by atoms with Crippen LogP contribution in [0.5, 0.6) is 0 Å². The Balaban J connectivity index is 1.82. The number of pyridine rings is 1. The number of H-pyrrole nitrogens is 1. The van der Waals surface area contributed by atoms with Gasteiger partial charge in [0.25, 0.3) is 5.91 Å². The highest BCUT2D eigenvalue weighted by atomic mass is 16.2. The number of rotatable bonds is 4. The Hall–Kier alpha value is -2.37. The number of amides is 1. The third kappa shape index (κ3) is 2.42. The van der Waals surface area contributed by atoms with E-state index in [2.05, 4.69) is 15.2 Å². The van der Waals surface area contributed by atoms with Crippen molar-refractivity contribution in [1.29, 1.82) is 0 Å². The summed E-state index contributed by atoms with van der Waals surface area (Å²) < 4.78 is 0. The molecule has 0 aromatic carbocycles. The Bertz CT molecular complexity index is 576. The van der Waals surface area contributed by atoms with E-state index in [9.17, 15) is 4.79 Å². The number of hydrogen-bond acceptors (Lipinski definition) is 4. The van der Waals surface area contributed by atoms with Gasteiger partial charge in [-0.25, -0.2) is 0 Å². The van der Waals surface area contributed by atoms with Gasteiger partial charge >= 0.3 is 0 Å². The molecule has 1 amide bonds. The molecule has 6 heteroatoms. The van der Waals surface area contributed by atoms with Crippen molar-refractivity contribution >= 4 is 11.6 Å². The summed E-state index contributed by atoms with van der Waals surface area (Å²) in [5, 5.41) is 6.47. The van der Waals surface area contributed by atoms with Crippen molar-refractivity contribution in [2.45, 2.75) is 25.4 Å². The molecule has 98 valence electrons. The summed E-state index contributed by atoms with van der Waals surface area (Å²) in [5.41, 5.74) is 7.52. The molecule has 2 aromatic rings. The fraction of sp³-hybridized carbons (Fsp3) is 0.308. The van der Waals surface area contributed by atoms with E-state index < -0.39 is 0 Å². The molecule has 1 fully saturated rings. The van der Waals surface area contributed by atoms with Crippen LogP contribution in [0.2, 0.25) is 0 Å². The second kappa shape index (κ2) is 4.72. The van der Waals surface area contributed by atoms with Crippen LogP contribution in [0.1, 0.15) is 28.9 Å². The maximum atomic E-state index is 12.5.